The predicted molar refractivity (Wildman–Crippen MR) is 66.2 cm³/mol. The Hall–Kier alpha value is -0.930. The standard InChI is InChI=1S/C14H19FN2/c15-13-3-1-2-11(8-13)9-17-7-5-14-12(10-17)4-6-16-14/h1-3,8,12,14,16H,4-7,9-10H2. The Morgan fingerprint density at radius 3 is 3.18 bits per heavy atom. The van der Waals surface area contributed by atoms with Gasteiger partial charge in [-0.15, -0.1) is 0 Å². The number of benzene rings is 1. The fourth-order valence-corrected chi connectivity index (χ4v) is 3.16. The summed E-state index contributed by atoms with van der Waals surface area (Å²) in [4.78, 5) is 2.46. The predicted octanol–water partition coefficient (Wildman–Crippen LogP) is 2.01. The number of hydrogen-bond donors (Lipinski definition) is 1. The minimum absolute atomic E-state index is 0.125. The number of nitrogens with zero attached hydrogens (tertiary/aromatic N) is 1. The molecular formula is C14H19FN2. The van der Waals surface area contributed by atoms with Gasteiger partial charge in [0, 0.05) is 19.1 Å². The Morgan fingerprint density at radius 2 is 2.29 bits per heavy atom. The molecule has 0 aromatic heterocycles. The van der Waals surface area contributed by atoms with E-state index in [1.165, 1.54) is 25.5 Å². The van der Waals surface area contributed by atoms with Crippen LogP contribution in [0.5, 0.6) is 0 Å². The van der Waals surface area contributed by atoms with Gasteiger partial charge >= 0.3 is 0 Å². The summed E-state index contributed by atoms with van der Waals surface area (Å²) >= 11 is 0. The first kappa shape index (κ1) is 11.2. The molecule has 2 heterocycles. The second-order valence-electron chi connectivity index (χ2n) is 5.26. The Labute approximate surface area is 102 Å². The average molecular weight is 234 g/mol. The average Bonchev–Trinajstić information content (AvgIpc) is 2.76. The summed E-state index contributed by atoms with van der Waals surface area (Å²) in [5.74, 6) is 0.678. The minimum atomic E-state index is -0.125. The molecule has 2 fully saturated rings. The van der Waals surface area contributed by atoms with Gasteiger partial charge < -0.3 is 5.32 Å². The molecule has 17 heavy (non-hydrogen) atoms. The Bertz CT molecular complexity index is 394. The van der Waals surface area contributed by atoms with E-state index in [1.54, 1.807) is 12.1 Å². The summed E-state index contributed by atoms with van der Waals surface area (Å²) in [6, 6.07) is 7.71. The van der Waals surface area contributed by atoms with Crippen molar-refractivity contribution in [2.75, 3.05) is 19.6 Å². The third kappa shape index (κ3) is 2.50. The van der Waals surface area contributed by atoms with Crippen molar-refractivity contribution in [3.8, 4) is 0 Å². The van der Waals surface area contributed by atoms with Crippen molar-refractivity contribution < 1.29 is 4.39 Å². The fraction of sp³-hybridized carbons (Fsp3) is 0.571. The number of halogens is 1. The van der Waals surface area contributed by atoms with Crippen molar-refractivity contribution >= 4 is 0 Å². The van der Waals surface area contributed by atoms with Gasteiger partial charge in [-0.3, -0.25) is 4.90 Å². The molecule has 0 saturated carbocycles. The molecule has 1 N–H and O–H groups in total. The van der Waals surface area contributed by atoms with Crippen molar-refractivity contribution in [3.05, 3.63) is 35.6 Å². The molecule has 2 atom stereocenters. The lowest BCUT2D eigenvalue weighted by atomic mass is 9.93. The van der Waals surface area contributed by atoms with Gasteiger partial charge in [0.15, 0.2) is 0 Å². The summed E-state index contributed by atoms with van der Waals surface area (Å²) in [6.07, 6.45) is 2.53. The van der Waals surface area contributed by atoms with E-state index in [-0.39, 0.29) is 5.82 Å². The number of likely N-dealkylation sites (tertiary alicyclic amines) is 1. The van der Waals surface area contributed by atoms with Gasteiger partial charge in [0.1, 0.15) is 5.82 Å². The lowest BCUT2D eigenvalue weighted by Gasteiger charge is -2.34. The summed E-state index contributed by atoms with van der Waals surface area (Å²) in [7, 11) is 0. The zero-order valence-electron chi connectivity index (χ0n) is 10.0. The van der Waals surface area contributed by atoms with Crippen LogP contribution in [0.2, 0.25) is 0 Å². The molecule has 92 valence electrons. The summed E-state index contributed by atoms with van der Waals surface area (Å²) in [6.45, 7) is 4.35. The Balaban J connectivity index is 1.62. The molecule has 3 heteroatoms. The molecule has 0 amide bonds. The van der Waals surface area contributed by atoms with E-state index in [1.807, 2.05) is 6.07 Å². The van der Waals surface area contributed by atoms with Crippen LogP contribution in [0.4, 0.5) is 4.39 Å². The molecule has 0 spiro atoms. The normalized spacial score (nSPS) is 29.2. The highest BCUT2D eigenvalue weighted by molar-refractivity contribution is 5.16. The smallest absolute Gasteiger partial charge is 0.123 e. The lowest BCUT2D eigenvalue weighted by molar-refractivity contribution is 0.156. The number of piperidine rings is 1. The van der Waals surface area contributed by atoms with Crippen molar-refractivity contribution in [2.45, 2.75) is 25.4 Å². The first-order valence-electron chi connectivity index (χ1n) is 6.51. The van der Waals surface area contributed by atoms with E-state index >= 15 is 0 Å². The monoisotopic (exact) mass is 234 g/mol. The number of fused-ring (bicyclic) bond motifs is 1. The summed E-state index contributed by atoms with van der Waals surface area (Å²) in [5.41, 5.74) is 1.09. The van der Waals surface area contributed by atoms with Crippen molar-refractivity contribution in [3.63, 3.8) is 0 Å². The molecule has 0 aliphatic carbocycles. The van der Waals surface area contributed by atoms with Crippen LogP contribution in [0.15, 0.2) is 24.3 Å². The van der Waals surface area contributed by atoms with E-state index in [0.717, 1.165) is 37.2 Å². The molecule has 2 nitrogen and oxygen atoms in total. The molecule has 1 aromatic carbocycles. The molecule has 2 unspecified atom stereocenters. The zero-order valence-corrected chi connectivity index (χ0v) is 10.0. The Morgan fingerprint density at radius 1 is 1.35 bits per heavy atom. The molecule has 0 bridgehead atoms. The van der Waals surface area contributed by atoms with Crippen LogP contribution in [0.1, 0.15) is 18.4 Å². The van der Waals surface area contributed by atoms with Crippen LogP contribution in [0.25, 0.3) is 0 Å². The van der Waals surface area contributed by atoms with Crippen LogP contribution >= 0.6 is 0 Å². The zero-order chi connectivity index (χ0) is 11.7. The maximum absolute atomic E-state index is 13.1. The highest BCUT2D eigenvalue weighted by Gasteiger charge is 2.32. The third-order valence-electron chi connectivity index (χ3n) is 4.03. The highest BCUT2D eigenvalue weighted by Crippen LogP contribution is 2.25. The van der Waals surface area contributed by atoms with Gasteiger partial charge in [-0.1, -0.05) is 12.1 Å². The first-order valence-corrected chi connectivity index (χ1v) is 6.51. The van der Waals surface area contributed by atoms with Crippen LogP contribution in [0, 0.1) is 11.7 Å². The topological polar surface area (TPSA) is 15.3 Å². The van der Waals surface area contributed by atoms with Crippen LogP contribution < -0.4 is 5.32 Å². The molecule has 1 aromatic rings. The van der Waals surface area contributed by atoms with Crippen LogP contribution in [0.3, 0.4) is 0 Å². The number of nitrogens with one attached hydrogen (secondary N) is 1. The second-order valence-corrected chi connectivity index (χ2v) is 5.26. The van der Waals surface area contributed by atoms with Crippen molar-refractivity contribution in [1.82, 2.24) is 10.2 Å². The van der Waals surface area contributed by atoms with Gasteiger partial charge in [-0.2, -0.15) is 0 Å². The first-order chi connectivity index (χ1) is 8.31. The molecule has 0 radical (unpaired) electrons. The van der Waals surface area contributed by atoms with Gasteiger partial charge in [0.25, 0.3) is 0 Å². The number of hydrogen-bond acceptors (Lipinski definition) is 2. The van der Waals surface area contributed by atoms with Gasteiger partial charge in [-0.05, 0) is 49.5 Å². The van der Waals surface area contributed by atoms with Gasteiger partial charge in [0.2, 0.25) is 0 Å². The quantitative estimate of drug-likeness (QED) is 0.842. The molecule has 2 aliphatic rings. The summed E-state index contributed by atoms with van der Waals surface area (Å²) in [5, 5.41) is 3.57. The second kappa shape index (κ2) is 4.75. The molecule has 2 saturated heterocycles. The summed E-state index contributed by atoms with van der Waals surface area (Å²) < 4.78 is 13.1. The number of rotatable bonds is 2. The van der Waals surface area contributed by atoms with E-state index in [0.29, 0.717) is 0 Å². The minimum Gasteiger partial charge on any atom is -0.314 e. The fourth-order valence-electron chi connectivity index (χ4n) is 3.16. The van der Waals surface area contributed by atoms with Gasteiger partial charge in [0.05, 0.1) is 0 Å². The van der Waals surface area contributed by atoms with Crippen LogP contribution in [-0.2, 0) is 6.54 Å². The third-order valence-corrected chi connectivity index (χ3v) is 4.03. The molecule has 3 rings (SSSR count). The van der Waals surface area contributed by atoms with E-state index in [4.69, 9.17) is 0 Å². The van der Waals surface area contributed by atoms with Gasteiger partial charge in [-0.25, -0.2) is 4.39 Å². The Kier molecular flexibility index (Phi) is 3.12. The lowest BCUT2D eigenvalue weighted by Crippen LogP contribution is -2.43. The van der Waals surface area contributed by atoms with E-state index in [9.17, 15) is 4.39 Å². The molecule has 2 aliphatic heterocycles. The van der Waals surface area contributed by atoms with Crippen molar-refractivity contribution in [1.29, 1.82) is 0 Å². The SMILES string of the molecule is Fc1cccc(CN2CCC3NCCC3C2)c1. The highest BCUT2D eigenvalue weighted by atomic mass is 19.1. The van der Waals surface area contributed by atoms with E-state index < -0.39 is 0 Å². The maximum Gasteiger partial charge on any atom is 0.123 e. The van der Waals surface area contributed by atoms with E-state index in [2.05, 4.69) is 10.2 Å². The van der Waals surface area contributed by atoms with Crippen LogP contribution in [-0.4, -0.2) is 30.6 Å². The largest absolute Gasteiger partial charge is 0.314 e. The van der Waals surface area contributed by atoms with Crippen molar-refractivity contribution in [2.24, 2.45) is 5.92 Å². The molecular weight excluding hydrogens is 215 g/mol. The maximum atomic E-state index is 13.1.